The third kappa shape index (κ3) is 26.6. The second-order valence-electron chi connectivity index (χ2n) is 16.5. The molecule has 19 heteroatoms. The fourth-order valence-electron chi connectivity index (χ4n) is 6.47. The van der Waals surface area contributed by atoms with E-state index in [1.807, 2.05) is 27.2 Å². The van der Waals surface area contributed by atoms with Crippen LogP contribution in [0.25, 0.3) is 0 Å². The maximum atomic E-state index is 12.9. The number of nitrogens with zero attached hydrogens (tertiary/aromatic N) is 4. The van der Waals surface area contributed by atoms with Gasteiger partial charge in [0.2, 0.25) is 5.91 Å². The zero-order valence-corrected chi connectivity index (χ0v) is 37.4. The molecular formula is C41H73N6O12P. The van der Waals surface area contributed by atoms with Crippen molar-refractivity contribution in [2.75, 3.05) is 52.8 Å². The van der Waals surface area contributed by atoms with Gasteiger partial charge in [0.15, 0.2) is 5.69 Å². The zero-order chi connectivity index (χ0) is 44.8. The number of aliphatic hydroxyl groups is 1. The van der Waals surface area contributed by atoms with Crippen molar-refractivity contribution in [1.82, 2.24) is 5.32 Å². The lowest BCUT2D eigenvalue weighted by Crippen LogP contribution is -2.45. The summed E-state index contributed by atoms with van der Waals surface area (Å²) in [5.41, 5.74) is -2.52. The number of phosphoric acid groups is 1. The summed E-state index contributed by atoms with van der Waals surface area (Å²) in [4.78, 5) is 56.6. The van der Waals surface area contributed by atoms with Gasteiger partial charge >= 0.3 is 11.4 Å². The molecule has 0 spiro atoms. The number of carbonyl (C=O) groups excluding carboxylic acids is 1. The lowest BCUT2D eigenvalue weighted by Gasteiger charge is -2.29. The van der Waals surface area contributed by atoms with E-state index in [2.05, 4.69) is 17.6 Å². The second-order valence-corrected chi connectivity index (χ2v) is 17.9. The van der Waals surface area contributed by atoms with Crippen molar-refractivity contribution in [1.29, 1.82) is 0 Å². The first kappa shape index (κ1) is 54.5. The van der Waals surface area contributed by atoms with Gasteiger partial charge in [-0.1, -0.05) is 128 Å². The van der Waals surface area contributed by atoms with Crippen LogP contribution in [0.5, 0.6) is 0 Å². The van der Waals surface area contributed by atoms with E-state index in [1.165, 1.54) is 57.8 Å². The van der Waals surface area contributed by atoms with Gasteiger partial charge < -0.3 is 34.2 Å². The van der Waals surface area contributed by atoms with Gasteiger partial charge in [0.25, 0.3) is 13.5 Å². The number of phosphoric ester groups is 1. The molecule has 1 aromatic carbocycles. The van der Waals surface area contributed by atoms with Crippen LogP contribution in [0, 0.1) is 30.3 Å². The number of hydrogen-bond acceptors (Lipinski definition) is 13. The number of unbranched alkanes of at least 4 members (excludes halogenated alkanes) is 19. The summed E-state index contributed by atoms with van der Waals surface area (Å²) in [6.07, 6.45) is 24.3. The molecule has 0 fully saturated rings. The van der Waals surface area contributed by atoms with E-state index in [-0.39, 0.29) is 31.2 Å². The average Bonchev–Trinajstić information content (AvgIpc) is 3.17. The maximum absolute atomic E-state index is 12.9. The Balaban J connectivity index is 2.44. The number of aliphatic hydroxyl groups excluding tert-OH is 1. The number of amides is 1. The van der Waals surface area contributed by atoms with E-state index in [1.54, 1.807) is 6.08 Å². The molecule has 3 N–H and O–H groups in total. The number of likely N-dealkylation sites (N-methyl/N-ethyl adjacent to an activating group) is 1. The van der Waals surface area contributed by atoms with Crippen molar-refractivity contribution in [2.24, 2.45) is 0 Å². The zero-order valence-electron chi connectivity index (χ0n) is 36.5. The van der Waals surface area contributed by atoms with E-state index in [0.29, 0.717) is 36.0 Å². The third-order valence-electron chi connectivity index (χ3n) is 10.1. The number of nitrogens with one attached hydrogen (secondary N) is 2. The summed E-state index contributed by atoms with van der Waals surface area (Å²) >= 11 is 0. The third-order valence-corrected chi connectivity index (χ3v) is 11.0. The standard InChI is InChI=1S/C41H73N6O12P/c1-5-6-7-8-9-10-11-12-13-15-18-21-24-27-39(48)36(34-59-60(56,57)58-31-30-47(2,3)4)43-40(49)28-25-22-19-16-14-17-20-23-26-29-42-41-37(45(52)53)32-35(44(50)51)33-38(41)46(54)55/h24,27,32-33,36,39,42,48H,5-23,25-26,28-31,34H2,1-4H3,(H-,43,49,56,57)/b27-24+. The second kappa shape index (κ2) is 31.3. The van der Waals surface area contributed by atoms with Crippen molar-refractivity contribution in [3.8, 4) is 0 Å². The van der Waals surface area contributed by atoms with Crippen molar-refractivity contribution >= 4 is 36.5 Å². The number of non-ortho nitro benzene ring substituents is 1. The van der Waals surface area contributed by atoms with Crippen LogP contribution in [0.15, 0.2) is 24.3 Å². The highest BCUT2D eigenvalue weighted by atomic mass is 31.2. The van der Waals surface area contributed by atoms with Gasteiger partial charge in [-0.2, -0.15) is 0 Å². The summed E-state index contributed by atoms with van der Waals surface area (Å²) in [5, 5.41) is 50.3. The highest BCUT2D eigenvalue weighted by Crippen LogP contribution is 2.39. The quantitative estimate of drug-likeness (QED) is 0.0140. The molecule has 0 heterocycles. The SMILES string of the molecule is CCCCCCCCCCCCC/C=C/C(O)C(COP(=O)([O-])OCC[N+](C)(C)C)NC(=O)CCCCCCCCCCCNc1c([N+](=O)[O-])cc([N+](=O)[O-])cc1[N+](=O)[O-]. The molecule has 344 valence electrons. The smallest absolute Gasteiger partial charge is 0.306 e. The minimum absolute atomic E-state index is 0.0602. The molecule has 1 rings (SSSR count). The number of quaternary nitrogens is 1. The first-order valence-electron chi connectivity index (χ1n) is 21.9. The fraction of sp³-hybridized carbons (Fsp3) is 0.780. The summed E-state index contributed by atoms with van der Waals surface area (Å²) in [6.45, 7) is 2.37. The molecule has 0 saturated heterocycles. The Bertz CT molecular complexity index is 1460. The van der Waals surface area contributed by atoms with E-state index < -0.39 is 58.4 Å². The highest BCUT2D eigenvalue weighted by molar-refractivity contribution is 7.45. The van der Waals surface area contributed by atoms with Gasteiger partial charge in [-0.05, 0) is 25.7 Å². The molecule has 3 atom stereocenters. The van der Waals surface area contributed by atoms with E-state index >= 15 is 0 Å². The number of allylic oxidation sites excluding steroid dienone is 1. The first-order chi connectivity index (χ1) is 28.5. The number of benzene rings is 1. The Morgan fingerprint density at radius 2 is 1.25 bits per heavy atom. The maximum Gasteiger partial charge on any atom is 0.306 e. The van der Waals surface area contributed by atoms with Crippen molar-refractivity contribution < 1.29 is 47.7 Å². The molecule has 60 heavy (non-hydrogen) atoms. The molecular weight excluding hydrogens is 799 g/mol. The van der Waals surface area contributed by atoms with Crippen LogP contribution in [-0.4, -0.2) is 89.9 Å². The monoisotopic (exact) mass is 873 g/mol. The average molecular weight is 873 g/mol. The molecule has 0 aliphatic rings. The molecule has 0 radical (unpaired) electrons. The van der Waals surface area contributed by atoms with Crippen LogP contribution in [0.3, 0.4) is 0 Å². The van der Waals surface area contributed by atoms with Crippen LogP contribution >= 0.6 is 7.82 Å². The van der Waals surface area contributed by atoms with Crippen molar-refractivity contribution in [3.63, 3.8) is 0 Å². The van der Waals surface area contributed by atoms with E-state index in [4.69, 9.17) is 9.05 Å². The number of hydrogen-bond donors (Lipinski definition) is 3. The van der Waals surface area contributed by atoms with Crippen molar-refractivity contribution in [3.05, 3.63) is 54.6 Å². The van der Waals surface area contributed by atoms with Crippen LogP contribution < -0.4 is 15.5 Å². The van der Waals surface area contributed by atoms with Crippen molar-refractivity contribution in [2.45, 2.75) is 160 Å². The summed E-state index contributed by atoms with van der Waals surface area (Å²) in [6, 6.07) is 0.434. The summed E-state index contributed by atoms with van der Waals surface area (Å²) in [5.74, 6) is -0.314. The van der Waals surface area contributed by atoms with Gasteiger partial charge in [-0.25, -0.2) is 0 Å². The Labute approximate surface area is 356 Å². The molecule has 1 aromatic rings. The number of carbonyl (C=O) groups is 1. The minimum Gasteiger partial charge on any atom is -0.756 e. The minimum atomic E-state index is -4.66. The normalized spacial score (nSPS) is 13.8. The van der Waals surface area contributed by atoms with Gasteiger partial charge in [0.05, 0.1) is 66.8 Å². The summed E-state index contributed by atoms with van der Waals surface area (Å²) in [7, 11) is 1.05. The molecule has 0 aliphatic carbocycles. The number of nitro groups is 3. The van der Waals surface area contributed by atoms with Crippen LogP contribution in [0.2, 0.25) is 0 Å². The predicted octanol–water partition coefficient (Wildman–Crippen LogP) is 9.03. The largest absolute Gasteiger partial charge is 0.756 e. The highest BCUT2D eigenvalue weighted by Gasteiger charge is 2.30. The molecule has 1 amide bonds. The number of nitro benzene ring substituents is 3. The van der Waals surface area contributed by atoms with Gasteiger partial charge in [-0.15, -0.1) is 0 Å². The lowest BCUT2D eigenvalue weighted by molar-refractivity contribution is -0.870. The first-order valence-corrected chi connectivity index (χ1v) is 23.3. The number of rotatable bonds is 38. The Morgan fingerprint density at radius 1 is 0.767 bits per heavy atom. The topological polar surface area (TPSA) is 249 Å². The fourth-order valence-corrected chi connectivity index (χ4v) is 7.19. The number of anilines is 1. The Hall–Kier alpha value is -3.54. The molecule has 3 unspecified atom stereocenters. The molecule has 0 bridgehead atoms. The van der Waals surface area contributed by atoms with Gasteiger partial charge in [0, 0.05) is 13.0 Å². The van der Waals surface area contributed by atoms with E-state index in [9.17, 15) is 49.7 Å². The summed E-state index contributed by atoms with van der Waals surface area (Å²) < 4.78 is 23.1. The Morgan fingerprint density at radius 3 is 1.73 bits per heavy atom. The van der Waals surface area contributed by atoms with Gasteiger partial charge in [0.1, 0.15) is 13.2 Å². The molecule has 18 nitrogen and oxygen atoms in total. The van der Waals surface area contributed by atoms with E-state index in [0.717, 1.165) is 64.2 Å². The molecule has 0 saturated carbocycles. The van der Waals surface area contributed by atoms with Crippen LogP contribution in [0.4, 0.5) is 22.7 Å². The molecule has 0 aliphatic heterocycles. The van der Waals surface area contributed by atoms with Gasteiger partial charge in [-0.3, -0.25) is 39.7 Å². The lowest BCUT2D eigenvalue weighted by atomic mass is 10.0. The Kier molecular flexibility index (Phi) is 28.4. The van der Waals surface area contributed by atoms with Crippen LogP contribution in [0.1, 0.15) is 148 Å². The molecule has 0 aromatic heterocycles. The predicted molar refractivity (Wildman–Crippen MR) is 232 cm³/mol. The van der Waals surface area contributed by atoms with Crippen LogP contribution in [-0.2, 0) is 18.4 Å².